The summed E-state index contributed by atoms with van der Waals surface area (Å²) >= 11 is 5.97. The van der Waals surface area contributed by atoms with Crippen LogP contribution in [0.15, 0.2) is 41.0 Å². The van der Waals surface area contributed by atoms with Crippen LogP contribution in [-0.4, -0.2) is 32.8 Å². The number of rotatable bonds is 6. The van der Waals surface area contributed by atoms with Crippen molar-refractivity contribution >= 4 is 17.8 Å². The molecule has 0 saturated heterocycles. The number of aliphatic hydroxyl groups excluding tert-OH is 2. The third-order valence-corrected chi connectivity index (χ3v) is 3.54. The number of aromatic nitrogens is 2. The quantitative estimate of drug-likeness (QED) is 0.694. The summed E-state index contributed by atoms with van der Waals surface area (Å²) in [5.41, 5.74) is 6.96. The Bertz CT molecular complexity index is 773. The smallest absolute Gasteiger partial charge is 0.151 e. The van der Waals surface area contributed by atoms with Crippen LogP contribution in [0.4, 0.5) is 4.39 Å². The van der Waals surface area contributed by atoms with Crippen LogP contribution in [0, 0.1) is 5.82 Å². The van der Waals surface area contributed by atoms with Crippen molar-refractivity contribution < 1.29 is 14.6 Å². The number of hydrogen-bond donors (Lipinski definition) is 3. The van der Waals surface area contributed by atoms with Gasteiger partial charge in [-0.3, -0.25) is 4.99 Å². The number of aliphatic imine (C=N–C) groups is 1. The Morgan fingerprint density at radius 1 is 1.50 bits per heavy atom. The van der Waals surface area contributed by atoms with Crippen molar-refractivity contribution in [3.8, 4) is 5.69 Å². The summed E-state index contributed by atoms with van der Waals surface area (Å²) in [6, 6.07) is 5.35. The number of nitrogens with zero attached hydrogens (tertiary/aromatic N) is 3. The van der Waals surface area contributed by atoms with Crippen molar-refractivity contribution in [3.05, 3.63) is 58.3 Å². The maximum Gasteiger partial charge on any atom is 0.151 e. The highest BCUT2D eigenvalue weighted by molar-refractivity contribution is 6.29. The third-order valence-electron chi connectivity index (χ3n) is 3.36. The van der Waals surface area contributed by atoms with Crippen molar-refractivity contribution in [2.75, 3.05) is 6.54 Å². The van der Waals surface area contributed by atoms with Crippen molar-refractivity contribution in [1.29, 1.82) is 0 Å². The van der Waals surface area contributed by atoms with E-state index in [1.54, 1.807) is 0 Å². The first-order valence-corrected chi connectivity index (χ1v) is 7.64. The highest BCUT2D eigenvalue weighted by Gasteiger charge is 2.21. The second-order valence-corrected chi connectivity index (χ2v) is 5.32. The highest BCUT2D eigenvalue weighted by atomic mass is 35.5. The maximum atomic E-state index is 13.4. The molecule has 128 valence electrons. The Labute approximate surface area is 143 Å². The molecule has 1 heterocycles. The predicted octanol–water partition coefficient (Wildman–Crippen LogP) is 2.12. The van der Waals surface area contributed by atoms with Crippen LogP contribution in [0.3, 0.4) is 0 Å². The van der Waals surface area contributed by atoms with Gasteiger partial charge in [-0.1, -0.05) is 11.6 Å². The zero-order valence-corrected chi connectivity index (χ0v) is 13.8. The fourth-order valence-corrected chi connectivity index (χ4v) is 2.40. The van der Waals surface area contributed by atoms with Gasteiger partial charge in [-0.25, -0.2) is 9.07 Å². The van der Waals surface area contributed by atoms with Crippen LogP contribution in [0.5, 0.6) is 0 Å². The minimum absolute atomic E-state index is 0.140. The second-order valence-electron chi connectivity index (χ2n) is 4.93. The second kappa shape index (κ2) is 8.05. The van der Waals surface area contributed by atoms with Crippen molar-refractivity contribution in [2.45, 2.75) is 19.6 Å². The Balaban J connectivity index is 2.54. The lowest BCUT2D eigenvalue weighted by atomic mass is 10.1. The normalized spacial score (nSPS) is 13.6. The predicted molar refractivity (Wildman–Crippen MR) is 90.7 cm³/mol. The largest absolute Gasteiger partial charge is 0.404 e. The summed E-state index contributed by atoms with van der Waals surface area (Å²) in [6.45, 7) is 2.00. The first kappa shape index (κ1) is 18.1. The van der Waals surface area contributed by atoms with Gasteiger partial charge in [-0.05, 0) is 25.1 Å². The third kappa shape index (κ3) is 3.81. The average Bonchev–Trinajstić information content (AvgIpc) is 2.96. The molecule has 0 fully saturated rings. The molecule has 4 N–H and O–H groups in total. The number of nitrogens with two attached hydrogens (primary N) is 1. The van der Waals surface area contributed by atoms with Gasteiger partial charge in [-0.15, -0.1) is 0 Å². The lowest BCUT2D eigenvalue weighted by Crippen LogP contribution is -2.13. The zero-order valence-electron chi connectivity index (χ0n) is 13.0. The van der Waals surface area contributed by atoms with Gasteiger partial charge >= 0.3 is 0 Å². The standard InChI is InChI=1S/C16H18ClFN4O2/c1-2-20-8-11(7-19)16(24)14-6-15(17)21-22(14)13-4-3-12(18)5-10(13)9-23/h3-8,16,23-24H,2,9,19H2,1H3. The van der Waals surface area contributed by atoms with Gasteiger partial charge in [0.25, 0.3) is 0 Å². The van der Waals surface area contributed by atoms with Gasteiger partial charge < -0.3 is 15.9 Å². The van der Waals surface area contributed by atoms with Gasteiger partial charge in [-0.2, -0.15) is 5.10 Å². The van der Waals surface area contributed by atoms with Gasteiger partial charge in [0.15, 0.2) is 5.15 Å². The summed E-state index contributed by atoms with van der Waals surface area (Å²) in [4.78, 5) is 4.06. The Morgan fingerprint density at radius 3 is 2.88 bits per heavy atom. The Hall–Kier alpha value is -2.22. The van der Waals surface area contributed by atoms with E-state index >= 15 is 0 Å². The van der Waals surface area contributed by atoms with Gasteiger partial charge in [0.1, 0.15) is 11.9 Å². The van der Waals surface area contributed by atoms with E-state index in [4.69, 9.17) is 17.3 Å². The average molecular weight is 353 g/mol. The molecule has 2 rings (SSSR count). The monoisotopic (exact) mass is 352 g/mol. The van der Waals surface area contributed by atoms with E-state index in [0.29, 0.717) is 29.1 Å². The Morgan fingerprint density at radius 2 is 2.25 bits per heavy atom. The molecule has 2 aromatic rings. The molecule has 0 saturated carbocycles. The molecule has 8 heteroatoms. The number of benzene rings is 1. The van der Waals surface area contributed by atoms with E-state index in [0.717, 1.165) is 0 Å². The van der Waals surface area contributed by atoms with Crippen LogP contribution < -0.4 is 5.73 Å². The summed E-state index contributed by atoms with van der Waals surface area (Å²) in [7, 11) is 0. The molecule has 1 atom stereocenters. The lowest BCUT2D eigenvalue weighted by Gasteiger charge is -2.16. The van der Waals surface area contributed by atoms with Crippen LogP contribution in [-0.2, 0) is 6.61 Å². The number of halogens is 2. The first-order chi connectivity index (χ1) is 11.5. The van der Waals surface area contributed by atoms with Crippen LogP contribution in [0.1, 0.15) is 24.3 Å². The first-order valence-electron chi connectivity index (χ1n) is 7.26. The molecule has 0 amide bonds. The molecule has 1 aromatic carbocycles. The molecule has 0 spiro atoms. The van der Waals surface area contributed by atoms with E-state index < -0.39 is 18.5 Å². The molecule has 0 aliphatic rings. The molecular formula is C16H18ClFN4O2. The summed E-state index contributed by atoms with van der Waals surface area (Å²) in [5, 5.41) is 24.3. The van der Waals surface area contributed by atoms with Crippen molar-refractivity contribution in [1.82, 2.24) is 9.78 Å². The number of hydrogen-bond acceptors (Lipinski definition) is 5. The van der Waals surface area contributed by atoms with E-state index in [-0.39, 0.29) is 5.15 Å². The fraction of sp³-hybridized carbons (Fsp3) is 0.250. The SMILES string of the molecule is CCN=CC(=CN)C(O)c1cc(Cl)nn1-c1ccc(F)cc1CO. The summed E-state index contributed by atoms with van der Waals surface area (Å²) < 4.78 is 14.7. The topological polar surface area (TPSA) is 96.7 Å². The van der Waals surface area contributed by atoms with E-state index in [1.165, 1.54) is 41.4 Å². The van der Waals surface area contributed by atoms with Crippen molar-refractivity contribution in [3.63, 3.8) is 0 Å². The fourth-order valence-electron chi connectivity index (χ4n) is 2.21. The molecule has 0 aliphatic carbocycles. The molecule has 1 unspecified atom stereocenters. The van der Waals surface area contributed by atoms with E-state index in [2.05, 4.69) is 10.1 Å². The lowest BCUT2D eigenvalue weighted by molar-refractivity contribution is 0.213. The van der Waals surface area contributed by atoms with Gasteiger partial charge in [0, 0.05) is 36.2 Å². The van der Waals surface area contributed by atoms with E-state index in [1.807, 2.05) is 6.92 Å². The molecule has 6 nitrogen and oxygen atoms in total. The molecule has 24 heavy (non-hydrogen) atoms. The van der Waals surface area contributed by atoms with Crippen LogP contribution in [0.25, 0.3) is 5.69 Å². The minimum atomic E-state index is -1.14. The Kier molecular flexibility index (Phi) is 6.08. The minimum Gasteiger partial charge on any atom is -0.404 e. The zero-order chi connectivity index (χ0) is 17.7. The van der Waals surface area contributed by atoms with Gasteiger partial charge in [0.2, 0.25) is 0 Å². The van der Waals surface area contributed by atoms with Crippen molar-refractivity contribution in [2.24, 2.45) is 10.7 Å². The molecular weight excluding hydrogens is 335 g/mol. The molecule has 1 aromatic heterocycles. The van der Waals surface area contributed by atoms with Crippen LogP contribution in [0.2, 0.25) is 5.15 Å². The highest BCUT2D eigenvalue weighted by Crippen LogP contribution is 2.27. The summed E-state index contributed by atoms with van der Waals surface area (Å²) in [5.74, 6) is -0.485. The molecule has 0 radical (unpaired) electrons. The number of aliphatic hydroxyl groups is 2. The molecule has 0 aliphatic heterocycles. The van der Waals surface area contributed by atoms with E-state index in [9.17, 15) is 14.6 Å². The van der Waals surface area contributed by atoms with Crippen LogP contribution >= 0.6 is 11.6 Å². The molecule has 0 bridgehead atoms. The maximum absolute atomic E-state index is 13.4. The van der Waals surface area contributed by atoms with Gasteiger partial charge in [0.05, 0.1) is 18.0 Å². The summed E-state index contributed by atoms with van der Waals surface area (Å²) in [6.07, 6.45) is 1.57.